The summed E-state index contributed by atoms with van der Waals surface area (Å²) < 4.78 is 1.71. The smallest absolute Gasteiger partial charge is 0.262 e. The number of aryl methyl sites for hydroxylation is 2. The van der Waals surface area contributed by atoms with Crippen molar-refractivity contribution in [3.8, 4) is 0 Å². The molecule has 0 amide bonds. The van der Waals surface area contributed by atoms with Crippen molar-refractivity contribution < 1.29 is 0 Å². The molecule has 0 bridgehead atoms. The largest absolute Gasteiger partial charge is 0.309 e. The molecule has 170 valence electrons. The Balaban J connectivity index is 1.38. The van der Waals surface area contributed by atoms with Gasteiger partial charge in [0.1, 0.15) is 10.7 Å². The van der Waals surface area contributed by atoms with Crippen molar-refractivity contribution in [2.45, 2.75) is 43.1 Å². The maximum atomic E-state index is 13.3. The number of benzene rings is 2. The summed E-state index contributed by atoms with van der Waals surface area (Å²) in [5.41, 5.74) is 2.75. The molecule has 0 saturated heterocycles. The molecule has 3 aromatic heterocycles. The molecule has 0 aliphatic heterocycles. The monoisotopic (exact) mass is 486 g/mol. The molecule has 0 fully saturated rings. The molecule has 8 heteroatoms. The Labute approximate surface area is 203 Å². The molecule has 5 aromatic rings. The molecular formula is C26H22N4O2S2. The van der Waals surface area contributed by atoms with Crippen LogP contribution in [-0.4, -0.2) is 19.5 Å². The van der Waals surface area contributed by atoms with Crippen LogP contribution in [0, 0.1) is 0 Å². The second kappa shape index (κ2) is 8.85. The molecule has 0 unspecified atom stereocenters. The minimum absolute atomic E-state index is 0.0619. The Morgan fingerprint density at radius 3 is 2.65 bits per heavy atom. The van der Waals surface area contributed by atoms with E-state index in [2.05, 4.69) is 4.98 Å². The average Bonchev–Trinajstić information content (AvgIpc) is 3.24. The summed E-state index contributed by atoms with van der Waals surface area (Å²) in [6.07, 6.45) is 4.29. The highest BCUT2D eigenvalue weighted by Gasteiger charge is 2.20. The van der Waals surface area contributed by atoms with Gasteiger partial charge in [0.25, 0.3) is 11.1 Å². The van der Waals surface area contributed by atoms with Crippen molar-refractivity contribution in [2.75, 3.05) is 0 Å². The van der Waals surface area contributed by atoms with E-state index >= 15 is 0 Å². The summed E-state index contributed by atoms with van der Waals surface area (Å²) in [5, 5.41) is 1.97. The van der Waals surface area contributed by atoms with Crippen LogP contribution in [0.5, 0.6) is 0 Å². The van der Waals surface area contributed by atoms with Gasteiger partial charge >= 0.3 is 0 Å². The summed E-state index contributed by atoms with van der Waals surface area (Å²) in [4.78, 5) is 40.9. The lowest BCUT2D eigenvalue weighted by Gasteiger charge is -2.13. The summed E-state index contributed by atoms with van der Waals surface area (Å²) in [6, 6.07) is 17.3. The number of hydrogen-bond acceptors (Lipinski definition) is 6. The fourth-order valence-electron chi connectivity index (χ4n) is 4.57. The van der Waals surface area contributed by atoms with Crippen LogP contribution in [0.4, 0.5) is 0 Å². The molecule has 0 radical (unpaired) electrons. The standard InChI is InChI=1S/C26H22N4O2S2/c31-23-22-18-11-5-7-13-20(18)34-24(22)29-21(28-23)15-33-26-27-19-12-6-4-10-17(19)25(32)30(26)14-16-8-2-1-3-9-16/h1-4,6,8-10,12H,5,7,11,13-15H2,(H,28,29,31). The molecule has 2 aromatic carbocycles. The molecule has 0 spiro atoms. The van der Waals surface area contributed by atoms with Gasteiger partial charge in [0.2, 0.25) is 0 Å². The predicted octanol–water partition coefficient (Wildman–Crippen LogP) is 4.91. The zero-order chi connectivity index (χ0) is 23.1. The number of aromatic amines is 1. The molecular weight excluding hydrogens is 464 g/mol. The number of thioether (sulfide) groups is 1. The van der Waals surface area contributed by atoms with Crippen LogP contribution in [-0.2, 0) is 25.1 Å². The van der Waals surface area contributed by atoms with E-state index in [0.29, 0.717) is 34.2 Å². The van der Waals surface area contributed by atoms with Crippen LogP contribution in [0.25, 0.3) is 21.1 Å². The third-order valence-corrected chi connectivity index (χ3v) is 8.40. The zero-order valence-electron chi connectivity index (χ0n) is 18.4. The molecule has 6 nitrogen and oxygen atoms in total. The quantitative estimate of drug-likeness (QED) is 0.282. The highest BCUT2D eigenvalue weighted by atomic mass is 32.2. The third kappa shape index (κ3) is 3.86. The Bertz CT molecular complexity index is 1640. The van der Waals surface area contributed by atoms with E-state index in [-0.39, 0.29) is 11.1 Å². The lowest BCUT2D eigenvalue weighted by atomic mass is 9.97. The summed E-state index contributed by atoms with van der Waals surface area (Å²) in [6.45, 7) is 0.431. The van der Waals surface area contributed by atoms with Crippen LogP contribution in [0.1, 0.15) is 34.7 Å². The van der Waals surface area contributed by atoms with E-state index < -0.39 is 0 Å². The number of H-pyrrole nitrogens is 1. The zero-order valence-corrected chi connectivity index (χ0v) is 20.0. The topological polar surface area (TPSA) is 80.6 Å². The number of rotatable bonds is 5. The van der Waals surface area contributed by atoms with Gasteiger partial charge in [-0.05, 0) is 48.9 Å². The summed E-state index contributed by atoms with van der Waals surface area (Å²) in [7, 11) is 0. The van der Waals surface area contributed by atoms with Crippen LogP contribution in [0.15, 0.2) is 69.3 Å². The van der Waals surface area contributed by atoms with Gasteiger partial charge in [-0.3, -0.25) is 14.2 Å². The molecule has 3 heterocycles. The fraction of sp³-hybridized carbons (Fsp3) is 0.231. The maximum Gasteiger partial charge on any atom is 0.262 e. The highest BCUT2D eigenvalue weighted by molar-refractivity contribution is 7.98. The van der Waals surface area contributed by atoms with Crippen molar-refractivity contribution in [3.63, 3.8) is 0 Å². The Kier molecular flexibility index (Phi) is 5.55. The predicted molar refractivity (Wildman–Crippen MR) is 138 cm³/mol. The van der Waals surface area contributed by atoms with Gasteiger partial charge in [0.05, 0.1) is 28.6 Å². The number of thiophene rings is 1. The second-order valence-corrected chi connectivity index (χ2v) is 10.5. The Morgan fingerprint density at radius 1 is 0.971 bits per heavy atom. The number of hydrogen-bond donors (Lipinski definition) is 1. The lowest BCUT2D eigenvalue weighted by molar-refractivity contribution is 0.658. The number of nitrogens with zero attached hydrogens (tertiary/aromatic N) is 3. The molecule has 1 aliphatic rings. The first-order valence-corrected chi connectivity index (χ1v) is 13.2. The van der Waals surface area contributed by atoms with Crippen molar-refractivity contribution in [3.05, 3.63) is 97.1 Å². The Hall–Kier alpha value is -3.23. The van der Waals surface area contributed by atoms with Gasteiger partial charge in [0, 0.05) is 4.88 Å². The van der Waals surface area contributed by atoms with E-state index in [9.17, 15) is 9.59 Å². The number of fused-ring (bicyclic) bond motifs is 4. The van der Waals surface area contributed by atoms with Crippen molar-refractivity contribution in [1.29, 1.82) is 0 Å². The van der Waals surface area contributed by atoms with E-state index in [4.69, 9.17) is 9.97 Å². The molecule has 6 rings (SSSR count). The molecule has 34 heavy (non-hydrogen) atoms. The summed E-state index contributed by atoms with van der Waals surface area (Å²) >= 11 is 3.07. The van der Waals surface area contributed by atoms with E-state index in [1.54, 1.807) is 15.9 Å². The first-order valence-electron chi connectivity index (χ1n) is 11.4. The Morgan fingerprint density at radius 2 is 1.76 bits per heavy atom. The first-order chi connectivity index (χ1) is 16.7. The second-order valence-electron chi connectivity index (χ2n) is 8.48. The molecule has 1 aliphatic carbocycles. The fourth-order valence-corrected chi connectivity index (χ4v) is 6.72. The molecule has 0 atom stereocenters. The van der Waals surface area contributed by atoms with Crippen LogP contribution in [0.2, 0.25) is 0 Å². The minimum atomic E-state index is -0.0696. The highest BCUT2D eigenvalue weighted by Crippen LogP contribution is 2.34. The van der Waals surface area contributed by atoms with Crippen LogP contribution in [0.3, 0.4) is 0 Å². The van der Waals surface area contributed by atoms with Gasteiger partial charge in [-0.2, -0.15) is 0 Å². The van der Waals surface area contributed by atoms with Crippen molar-refractivity contribution >= 4 is 44.2 Å². The molecule has 1 N–H and O–H groups in total. The van der Waals surface area contributed by atoms with Gasteiger partial charge < -0.3 is 4.98 Å². The number of para-hydroxylation sites is 1. The minimum Gasteiger partial charge on any atom is -0.309 e. The third-order valence-electron chi connectivity index (χ3n) is 6.22. The van der Waals surface area contributed by atoms with Crippen molar-refractivity contribution in [1.82, 2.24) is 19.5 Å². The average molecular weight is 487 g/mol. The maximum absolute atomic E-state index is 13.3. The molecule has 0 saturated carbocycles. The van der Waals surface area contributed by atoms with E-state index in [1.165, 1.54) is 28.6 Å². The van der Waals surface area contributed by atoms with Gasteiger partial charge in [-0.25, -0.2) is 9.97 Å². The number of aromatic nitrogens is 4. The first kappa shape index (κ1) is 21.3. The van der Waals surface area contributed by atoms with Gasteiger partial charge in [-0.15, -0.1) is 11.3 Å². The lowest BCUT2D eigenvalue weighted by Crippen LogP contribution is -2.24. The van der Waals surface area contributed by atoms with Gasteiger partial charge in [-0.1, -0.05) is 54.2 Å². The normalized spacial score (nSPS) is 13.4. The van der Waals surface area contributed by atoms with Crippen LogP contribution >= 0.6 is 23.1 Å². The van der Waals surface area contributed by atoms with E-state index in [0.717, 1.165) is 35.0 Å². The van der Waals surface area contributed by atoms with Crippen LogP contribution < -0.4 is 11.1 Å². The number of nitrogens with one attached hydrogen (secondary N) is 1. The van der Waals surface area contributed by atoms with Gasteiger partial charge in [0.15, 0.2) is 5.16 Å². The SMILES string of the molecule is O=c1[nH]c(CSc2nc3ccccc3c(=O)n2Cc2ccccc2)nc2sc3c(c12)CCCC3. The summed E-state index contributed by atoms with van der Waals surface area (Å²) in [5.74, 6) is 1.03. The van der Waals surface area contributed by atoms with E-state index in [1.807, 2.05) is 54.6 Å². The van der Waals surface area contributed by atoms with Crippen molar-refractivity contribution in [2.24, 2.45) is 0 Å².